The lowest BCUT2D eigenvalue weighted by atomic mass is 10.1. The lowest BCUT2D eigenvalue weighted by Gasteiger charge is -2.18. The van der Waals surface area contributed by atoms with Crippen molar-refractivity contribution < 1.29 is 9.47 Å². The van der Waals surface area contributed by atoms with Gasteiger partial charge in [0.2, 0.25) is 0 Å². The lowest BCUT2D eigenvalue weighted by Crippen LogP contribution is -2.18. The van der Waals surface area contributed by atoms with Gasteiger partial charge in [-0.2, -0.15) is 0 Å². The van der Waals surface area contributed by atoms with Crippen LogP contribution in [0, 0.1) is 0 Å². The molecule has 0 heterocycles. The molecule has 148 valence electrons. The maximum atomic E-state index is 5.98. The number of ether oxygens (including phenoxy) is 2. The fourth-order valence-corrected chi connectivity index (χ4v) is 2.87. The summed E-state index contributed by atoms with van der Waals surface area (Å²) in [6, 6.07) is 0. The predicted molar refractivity (Wildman–Crippen MR) is 115 cm³/mol. The van der Waals surface area contributed by atoms with E-state index in [2.05, 4.69) is 54.1 Å². The van der Waals surface area contributed by atoms with Gasteiger partial charge in [0, 0.05) is 5.33 Å². The van der Waals surface area contributed by atoms with Crippen molar-refractivity contribution in [2.45, 2.75) is 97.2 Å². The summed E-state index contributed by atoms with van der Waals surface area (Å²) in [5, 5.41) is 1.11. The van der Waals surface area contributed by atoms with Crippen molar-refractivity contribution in [1.82, 2.24) is 0 Å². The third-order valence-electron chi connectivity index (χ3n) is 4.01. The minimum atomic E-state index is -0.0346. The van der Waals surface area contributed by atoms with Crippen LogP contribution in [0.3, 0.4) is 0 Å². The zero-order chi connectivity index (χ0) is 18.4. The fraction of sp³-hybridized carbons (Fsp3) is 0.818. The van der Waals surface area contributed by atoms with Gasteiger partial charge in [-0.25, -0.2) is 0 Å². The van der Waals surface area contributed by atoms with E-state index in [1.54, 1.807) is 0 Å². The van der Waals surface area contributed by atoms with Gasteiger partial charge in [-0.1, -0.05) is 86.2 Å². The molecule has 1 atom stereocenters. The normalized spacial score (nSPS) is 13.2. The molecule has 2 nitrogen and oxygen atoms in total. The molecule has 0 aromatic rings. The van der Waals surface area contributed by atoms with Gasteiger partial charge in [-0.05, 0) is 44.9 Å². The molecule has 0 N–H and O–H groups in total. The SMILES string of the molecule is CCC/C=C\CCOC(CCCCCCBr)OCC/C=C\CCCC. The molecule has 3 heteroatoms. The largest absolute Gasteiger partial charge is 0.352 e. The van der Waals surface area contributed by atoms with Crippen LogP contribution >= 0.6 is 15.9 Å². The van der Waals surface area contributed by atoms with E-state index >= 15 is 0 Å². The number of hydrogen-bond donors (Lipinski definition) is 0. The van der Waals surface area contributed by atoms with Gasteiger partial charge >= 0.3 is 0 Å². The average molecular weight is 417 g/mol. The summed E-state index contributed by atoms with van der Waals surface area (Å²) >= 11 is 3.49. The Kier molecular flexibility index (Phi) is 21.8. The van der Waals surface area contributed by atoms with E-state index in [0.29, 0.717) is 0 Å². The average Bonchev–Trinajstić information content (AvgIpc) is 2.62. The summed E-state index contributed by atoms with van der Waals surface area (Å²) in [5.74, 6) is 0. The molecule has 0 amide bonds. The highest BCUT2D eigenvalue weighted by Crippen LogP contribution is 2.11. The minimum Gasteiger partial charge on any atom is -0.352 e. The first kappa shape index (κ1) is 24.9. The number of unbranched alkanes of at least 4 members (excludes halogenated alkanes) is 6. The van der Waals surface area contributed by atoms with Crippen LogP contribution in [0.15, 0.2) is 24.3 Å². The van der Waals surface area contributed by atoms with Crippen molar-refractivity contribution in [3.63, 3.8) is 0 Å². The van der Waals surface area contributed by atoms with Crippen LogP contribution in [0.2, 0.25) is 0 Å². The molecule has 0 radical (unpaired) electrons. The Balaban J connectivity index is 3.91. The molecule has 0 aliphatic rings. The topological polar surface area (TPSA) is 18.5 Å². The molecule has 0 aliphatic carbocycles. The van der Waals surface area contributed by atoms with Crippen LogP contribution in [0.4, 0.5) is 0 Å². The minimum absolute atomic E-state index is 0.0346. The summed E-state index contributed by atoms with van der Waals surface area (Å²) in [5.41, 5.74) is 0. The highest BCUT2D eigenvalue weighted by molar-refractivity contribution is 9.09. The van der Waals surface area contributed by atoms with Crippen molar-refractivity contribution >= 4 is 15.9 Å². The highest BCUT2D eigenvalue weighted by Gasteiger charge is 2.08. The molecule has 0 bridgehead atoms. The second-order valence-electron chi connectivity index (χ2n) is 6.51. The van der Waals surface area contributed by atoms with E-state index in [0.717, 1.165) is 44.2 Å². The van der Waals surface area contributed by atoms with Crippen LogP contribution in [-0.2, 0) is 9.47 Å². The molecule has 0 aliphatic heterocycles. The van der Waals surface area contributed by atoms with E-state index in [1.165, 1.54) is 51.4 Å². The Morgan fingerprint density at radius 3 is 1.88 bits per heavy atom. The quantitative estimate of drug-likeness (QED) is 0.0934. The number of hydrogen-bond acceptors (Lipinski definition) is 2. The lowest BCUT2D eigenvalue weighted by molar-refractivity contribution is -0.144. The summed E-state index contributed by atoms with van der Waals surface area (Å²) in [6.45, 7) is 5.96. The Bertz CT molecular complexity index is 302. The summed E-state index contributed by atoms with van der Waals surface area (Å²) in [7, 11) is 0. The first-order chi connectivity index (χ1) is 12.3. The zero-order valence-electron chi connectivity index (χ0n) is 16.7. The Morgan fingerprint density at radius 2 is 1.28 bits per heavy atom. The van der Waals surface area contributed by atoms with Crippen LogP contribution in [0.5, 0.6) is 0 Å². The number of alkyl halides is 1. The summed E-state index contributed by atoms with van der Waals surface area (Å²) in [4.78, 5) is 0. The van der Waals surface area contributed by atoms with E-state index in [-0.39, 0.29) is 6.29 Å². The highest BCUT2D eigenvalue weighted by atomic mass is 79.9. The molecule has 0 aromatic heterocycles. The van der Waals surface area contributed by atoms with Gasteiger partial charge in [-0.3, -0.25) is 0 Å². The second kappa shape index (κ2) is 21.9. The van der Waals surface area contributed by atoms with Gasteiger partial charge in [0.15, 0.2) is 6.29 Å². The van der Waals surface area contributed by atoms with Crippen LogP contribution in [0.1, 0.15) is 90.9 Å². The summed E-state index contributed by atoms with van der Waals surface area (Å²) < 4.78 is 11.9. The van der Waals surface area contributed by atoms with Gasteiger partial charge in [-0.15, -0.1) is 0 Å². The first-order valence-corrected chi connectivity index (χ1v) is 11.6. The van der Waals surface area contributed by atoms with E-state index in [4.69, 9.17) is 9.47 Å². The molecule has 0 saturated carbocycles. The van der Waals surface area contributed by atoms with Gasteiger partial charge < -0.3 is 9.47 Å². The van der Waals surface area contributed by atoms with Crippen molar-refractivity contribution in [3.8, 4) is 0 Å². The zero-order valence-corrected chi connectivity index (χ0v) is 18.3. The van der Waals surface area contributed by atoms with Crippen LogP contribution in [0.25, 0.3) is 0 Å². The van der Waals surface area contributed by atoms with E-state index in [1.807, 2.05) is 0 Å². The first-order valence-electron chi connectivity index (χ1n) is 10.4. The van der Waals surface area contributed by atoms with Crippen LogP contribution in [-0.4, -0.2) is 24.8 Å². The van der Waals surface area contributed by atoms with E-state index in [9.17, 15) is 0 Å². The molecule has 0 rings (SSSR count). The predicted octanol–water partition coefficient (Wildman–Crippen LogP) is 7.57. The monoisotopic (exact) mass is 416 g/mol. The Morgan fingerprint density at radius 1 is 0.680 bits per heavy atom. The standard InChI is InChI=1S/C22H41BrO2/c1-3-5-7-9-13-17-21-25-22(18-14-10-11-15-19-23)24-20-16-12-8-6-4-2/h8-9,12-13,22H,3-7,10-11,14-21H2,1-2H3/b12-8-,13-9-. The van der Waals surface area contributed by atoms with Crippen LogP contribution < -0.4 is 0 Å². The molecule has 0 fully saturated rings. The fourth-order valence-electron chi connectivity index (χ4n) is 2.47. The maximum absolute atomic E-state index is 5.98. The smallest absolute Gasteiger partial charge is 0.157 e. The number of halogens is 1. The van der Waals surface area contributed by atoms with Gasteiger partial charge in [0.05, 0.1) is 13.2 Å². The molecule has 1 unspecified atom stereocenters. The van der Waals surface area contributed by atoms with Gasteiger partial charge in [0.1, 0.15) is 0 Å². The molecule has 0 saturated heterocycles. The molecule has 0 aromatic carbocycles. The Hall–Kier alpha value is -0.120. The molecular weight excluding hydrogens is 376 g/mol. The summed E-state index contributed by atoms with van der Waals surface area (Å²) in [6.07, 6.45) is 23.1. The third kappa shape index (κ3) is 20.0. The second-order valence-corrected chi connectivity index (χ2v) is 7.31. The molecule has 0 spiro atoms. The van der Waals surface area contributed by atoms with Crippen molar-refractivity contribution in [2.75, 3.05) is 18.5 Å². The Labute approximate surface area is 165 Å². The third-order valence-corrected chi connectivity index (χ3v) is 4.57. The maximum Gasteiger partial charge on any atom is 0.157 e. The molecular formula is C22H41BrO2. The number of allylic oxidation sites excluding steroid dienone is 2. The van der Waals surface area contributed by atoms with Crippen molar-refractivity contribution in [2.24, 2.45) is 0 Å². The van der Waals surface area contributed by atoms with Crippen molar-refractivity contribution in [3.05, 3.63) is 24.3 Å². The number of rotatable bonds is 19. The van der Waals surface area contributed by atoms with Gasteiger partial charge in [0.25, 0.3) is 0 Å². The van der Waals surface area contributed by atoms with E-state index < -0.39 is 0 Å². The van der Waals surface area contributed by atoms with Crippen molar-refractivity contribution in [1.29, 1.82) is 0 Å². The molecule has 25 heavy (non-hydrogen) atoms.